The maximum Gasteiger partial charge on any atom is 0.312 e. The Morgan fingerprint density at radius 1 is 1.39 bits per heavy atom. The van der Waals surface area contributed by atoms with E-state index in [1.54, 1.807) is 7.11 Å². The standard InChI is InChI=1S/C14H16O4/c1-16-10-6-4-3-5-9(10)14-7-11(18-8-14)12(14)13(15)17-2/h3-6,11-12H,7-8H2,1-2H3/t11-,12+,14-/m1/s1. The van der Waals surface area contributed by atoms with Crippen molar-refractivity contribution in [3.8, 4) is 5.75 Å². The third kappa shape index (κ3) is 1.32. The summed E-state index contributed by atoms with van der Waals surface area (Å²) in [7, 11) is 3.07. The van der Waals surface area contributed by atoms with Crippen molar-refractivity contribution in [3.63, 3.8) is 0 Å². The maximum atomic E-state index is 11.9. The molecular formula is C14H16O4. The molecule has 1 aliphatic carbocycles. The van der Waals surface area contributed by atoms with Crippen molar-refractivity contribution in [2.75, 3.05) is 20.8 Å². The van der Waals surface area contributed by atoms with Gasteiger partial charge < -0.3 is 14.2 Å². The second-order valence-electron chi connectivity index (χ2n) is 4.91. The second-order valence-corrected chi connectivity index (χ2v) is 4.91. The Morgan fingerprint density at radius 2 is 2.17 bits per heavy atom. The van der Waals surface area contributed by atoms with Crippen LogP contribution in [0.4, 0.5) is 0 Å². The van der Waals surface area contributed by atoms with Gasteiger partial charge >= 0.3 is 5.97 Å². The monoisotopic (exact) mass is 248 g/mol. The van der Waals surface area contributed by atoms with Gasteiger partial charge in [0, 0.05) is 11.0 Å². The molecule has 1 aromatic rings. The molecule has 3 fully saturated rings. The SMILES string of the molecule is COC(=O)[C@@H]1[C@H]2C[C@]1(c1ccccc1OC)CO2. The van der Waals surface area contributed by atoms with Crippen molar-refractivity contribution in [1.29, 1.82) is 0 Å². The van der Waals surface area contributed by atoms with Crippen molar-refractivity contribution in [2.45, 2.75) is 17.9 Å². The van der Waals surface area contributed by atoms with Gasteiger partial charge in [0.15, 0.2) is 0 Å². The summed E-state index contributed by atoms with van der Waals surface area (Å²) in [6, 6.07) is 7.83. The molecule has 2 saturated heterocycles. The molecule has 4 rings (SSSR count). The van der Waals surface area contributed by atoms with Crippen molar-refractivity contribution >= 4 is 5.97 Å². The summed E-state index contributed by atoms with van der Waals surface area (Å²) in [5.74, 6) is 0.434. The molecule has 3 aliphatic rings. The Balaban J connectivity index is 2.02. The summed E-state index contributed by atoms with van der Waals surface area (Å²) in [5.41, 5.74) is 0.793. The van der Waals surface area contributed by atoms with Crippen molar-refractivity contribution in [3.05, 3.63) is 29.8 Å². The van der Waals surface area contributed by atoms with E-state index in [2.05, 4.69) is 0 Å². The summed E-state index contributed by atoms with van der Waals surface area (Å²) in [4.78, 5) is 11.9. The fraction of sp³-hybridized carbons (Fsp3) is 0.500. The lowest BCUT2D eigenvalue weighted by Gasteiger charge is -2.43. The maximum absolute atomic E-state index is 11.9. The number of rotatable bonds is 3. The highest BCUT2D eigenvalue weighted by Crippen LogP contribution is 2.58. The molecule has 1 saturated carbocycles. The molecule has 1 aromatic carbocycles. The topological polar surface area (TPSA) is 44.8 Å². The van der Waals surface area contributed by atoms with E-state index < -0.39 is 0 Å². The predicted octanol–water partition coefficient (Wildman–Crippen LogP) is 1.52. The predicted molar refractivity (Wildman–Crippen MR) is 64.5 cm³/mol. The molecule has 2 aliphatic heterocycles. The number of ether oxygens (including phenoxy) is 3. The zero-order valence-electron chi connectivity index (χ0n) is 10.5. The Labute approximate surface area is 106 Å². The second kappa shape index (κ2) is 3.99. The lowest BCUT2D eigenvalue weighted by atomic mass is 9.57. The molecular weight excluding hydrogens is 232 g/mol. The van der Waals surface area contributed by atoms with E-state index >= 15 is 0 Å². The molecule has 4 nitrogen and oxygen atoms in total. The van der Waals surface area contributed by atoms with Crippen LogP contribution in [-0.4, -0.2) is 32.9 Å². The number of carbonyl (C=O) groups is 1. The van der Waals surface area contributed by atoms with Crippen LogP contribution in [0.3, 0.4) is 0 Å². The van der Waals surface area contributed by atoms with Crippen molar-refractivity contribution in [1.82, 2.24) is 0 Å². The van der Waals surface area contributed by atoms with Crippen LogP contribution in [-0.2, 0) is 19.7 Å². The minimum atomic E-state index is -0.260. The summed E-state index contributed by atoms with van der Waals surface area (Å²) < 4.78 is 16.0. The van der Waals surface area contributed by atoms with Gasteiger partial charge in [-0.2, -0.15) is 0 Å². The molecule has 3 atom stereocenters. The molecule has 4 heteroatoms. The lowest BCUT2D eigenvalue weighted by Crippen LogP contribution is -2.53. The molecule has 0 spiro atoms. The minimum absolute atomic E-state index is 0.00219. The highest BCUT2D eigenvalue weighted by atomic mass is 16.5. The average Bonchev–Trinajstić information content (AvgIpc) is 2.98. The van der Waals surface area contributed by atoms with Crippen LogP contribution in [0.5, 0.6) is 5.75 Å². The molecule has 0 amide bonds. The fourth-order valence-corrected chi connectivity index (χ4v) is 3.27. The van der Waals surface area contributed by atoms with E-state index in [0.29, 0.717) is 6.61 Å². The largest absolute Gasteiger partial charge is 0.496 e. The van der Waals surface area contributed by atoms with E-state index in [0.717, 1.165) is 17.7 Å². The lowest BCUT2D eigenvalue weighted by molar-refractivity contribution is -0.154. The molecule has 18 heavy (non-hydrogen) atoms. The van der Waals surface area contributed by atoms with Crippen molar-refractivity contribution < 1.29 is 19.0 Å². The fourth-order valence-electron chi connectivity index (χ4n) is 3.27. The molecule has 0 aromatic heterocycles. The quantitative estimate of drug-likeness (QED) is 0.761. The van der Waals surface area contributed by atoms with Gasteiger partial charge in [-0.15, -0.1) is 0 Å². The number of methoxy groups -OCH3 is 2. The Bertz CT molecular complexity index is 480. The van der Waals surface area contributed by atoms with Crippen LogP contribution >= 0.6 is 0 Å². The Morgan fingerprint density at radius 3 is 2.83 bits per heavy atom. The summed E-state index contributed by atoms with van der Waals surface area (Å²) >= 11 is 0. The Hall–Kier alpha value is -1.55. The zero-order valence-corrected chi connectivity index (χ0v) is 10.5. The highest BCUT2D eigenvalue weighted by Gasteiger charge is 2.66. The van der Waals surface area contributed by atoms with Crippen LogP contribution in [0, 0.1) is 5.92 Å². The third-order valence-electron chi connectivity index (χ3n) is 4.19. The first kappa shape index (κ1) is 11.5. The number of fused-ring (bicyclic) bond motifs is 1. The first-order valence-electron chi connectivity index (χ1n) is 6.06. The number of benzene rings is 1. The van der Waals surface area contributed by atoms with Gasteiger partial charge in [-0.1, -0.05) is 18.2 Å². The molecule has 0 N–H and O–H groups in total. The first-order valence-corrected chi connectivity index (χ1v) is 6.06. The number of para-hydroxylation sites is 1. The van der Waals surface area contributed by atoms with Gasteiger partial charge in [0.1, 0.15) is 5.75 Å². The molecule has 2 bridgehead atoms. The van der Waals surface area contributed by atoms with E-state index in [9.17, 15) is 4.79 Å². The van der Waals surface area contributed by atoms with Crippen LogP contribution < -0.4 is 4.74 Å². The average molecular weight is 248 g/mol. The number of carbonyl (C=O) groups excluding carboxylic acids is 1. The molecule has 96 valence electrons. The van der Waals surface area contributed by atoms with Crippen LogP contribution in [0.1, 0.15) is 12.0 Å². The number of esters is 1. The third-order valence-corrected chi connectivity index (χ3v) is 4.19. The van der Waals surface area contributed by atoms with Crippen LogP contribution in [0.25, 0.3) is 0 Å². The van der Waals surface area contributed by atoms with E-state index in [1.807, 2.05) is 24.3 Å². The smallest absolute Gasteiger partial charge is 0.312 e. The van der Waals surface area contributed by atoms with Crippen LogP contribution in [0.2, 0.25) is 0 Å². The summed E-state index contributed by atoms with van der Waals surface area (Å²) in [5, 5.41) is 0. The normalized spacial score (nSPS) is 32.8. The number of hydrogen-bond donors (Lipinski definition) is 0. The Kier molecular flexibility index (Phi) is 2.55. The van der Waals surface area contributed by atoms with E-state index in [1.165, 1.54) is 7.11 Å². The van der Waals surface area contributed by atoms with Crippen molar-refractivity contribution in [2.24, 2.45) is 5.92 Å². The summed E-state index contributed by atoms with van der Waals surface area (Å²) in [6.07, 6.45) is 0.870. The van der Waals surface area contributed by atoms with E-state index in [4.69, 9.17) is 14.2 Å². The van der Waals surface area contributed by atoms with Gasteiger partial charge in [0.05, 0.1) is 32.8 Å². The van der Waals surface area contributed by atoms with Gasteiger partial charge in [0.2, 0.25) is 0 Å². The zero-order chi connectivity index (χ0) is 12.8. The number of hydrogen-bond acceptors (Lipinski definition) is 4. The first-order chi connectivity index (χ1) is 8.73. The van der Waals surface area contributed by atoms with Gasteiger partial charge in [-0.25, -0.2) is 0 Å². The van der Waals surface area contributed by atoms with Gasteiger partial charge in [-0.05, 0) is 12.5 Å². The van der Waals surface area contributed by atoms with E-state index in [-0.39, 0.29) is 23.4 Å². The summed E-state index contributed by atoms with van der Waals surface area (Å²) in [6.45, 7) is 0.567. The van der Waals surface area contributed by atoms with Crippen LogP contribution in [0.15, 0.2) is 24.3 Å². The molecule has 0 unspecified atom stereocenters. The minimum Gasteiger partial charge on any atom is -0.496 e. The molecule has 2 heterocycles. The highest BCUT2D eigenvalue weighted by molar-refractivity contribution is 5.78. The van der Waals surface area contributed by atoms with Gasteiger partial charge in [-0.3, -0.25) is 4.79 Å². The molecule has 0 radical (unpaired) electrons. The van der Waals surface area contributed by atoms with Gasteiger partial charge in [0.25, 0.3) is 0 Å².